The van der Waals surface area contributed by atoms with E-state index in [1.807, 2.05) is 6.92 Å². The van der Waals surface area contributed by atoms with Crippen LogP contribution in [0.3, 0.4) is 0 Å². The molecule has 4 aliphatic rings. The highest BCUT2D eigenvalue weighted by Gasteiger charge is 2.50. The molecular formula is C14H21N3O. The molecule has 4 bridgehead atoms. The molecule has 0 spiro atoms. The van der Waals surface area contributed by atoms with Crippen LogP contribution in [0.5, 0.6) is 0 Å². The first kappa shape index (κ1) is 11.0. The number of nitrogens with zero attached hydrogens (tertiary/aromatic N) is 2. The third-order valence-electron chi connectivity index (χ3n) is 5.54. The van der Waals surface area contributed by atoms with Crippen LogP contribution < -0.4 is 5.73 Å². The van der Waals surface area contributed by atoms with Gasteiger partial charge in [0.05, 0.1) is 6.04 Å². The lowest BCUT2D eigenvalue weighted by molar-refractivity contribution is -0.0508. The summed E-state index contributed by atoms with van der Waals surface area (Å²) < 4.78 is 5.30. The number of aromatic nitrogens is 2. The lowest BCUT2D eigenvalue weighted by Crippen LogP contribution is -2.48. The highest BCUT2D eigenvalue weighted by Crippen LogP contribution is 2.58. The van der Waals surface area contributed by atoms with Crippen LogP contribution >= 0.6 is 0 Å². The first-order chi connectivity index (χ1) is 8.70. The largest absolute Gasteiger partial charge is 0.338 e. The van der Waals surface area contributed by atoms with Gasteiger partial charge in [-0.3, -0.25) is 0 Å². The Morgan fingerprint density at radius 1 is 1.11 bits per heavy atom. The zero-order valence-corrected chi connectivity index (χ0v) is 10.9. The Bertz CT molecular complexity index is 428. The smallest absolute Gasteiger partial charge is 0.243 e. The first-order valence-corrected chi connectivity index (χ1v) is 7.26. The molecule has 2 N–H and O–H groups in total. The summed E-state index contributed by atoms with van der Waals surface area (Å²) >= 11 is 0. The van der Waals surface area contributed by atoms with E-state index in [-0.39, 0.29) is 6.04 Å². The van der Waals surface area contributed by atoms with Gasteiger partial charge in [0.25, 0.3) is 0 Å². The minimum absolute atomic E-state index is 0.0406. The Morgan fingerprint density at radius 3 is 2.22 bits per heavy atom. The molecule has 98 valence electrons. The predicted molar refractivity (Wildman–Crippen MR) is 66.5 cm³/mol. The van der Waals surface area contributed by atoms with Crippen LogP contribution in [-0.2, 0) is 0 Å². The van der Waals surface area contributed by atoms with Gasteiger partial charge in [-0.2, -0.15) is 4.98 Å². The first-order valence-electron chi connectivity index (χ1n) is 7.26. The van der Waals surface area contributed by atoms with E-state index in [2.05, 4.69) is 10.1 Å². The molecule has 1 unspecified atom stereocenters. The number of hydrogen-bond acceptors (Lipinski definition) is 4. The van der Waals surface area contributed by atoms with E-state index >= 15 is 0 Å². The van der Waals surface area contributed by atoms with Gasteiger partial charge in [-0.1, -0.05) is 5.16 Å². The molecule has 4 fully saturated rings. The van der Waals surface area contributed by atoms with E-state index in [0.717, 1.165) is 23.7 Å². The second-order valence-electron chi connectivity index (χ2n) is 6.71. The molecule has 1 atom stereocenters. The van der Waals surface area contributed by atoms with E-state index in [0.29, 0.717) is 17.6 Å². The summed E-state index contributed by atoms with van der Waals surface area (Å²) in [5, 5.41) is 3.88. The van der Waals surface area contributed by atoms with Crippen LogP contribution in [0.15, 0.2) is 4.52 Å². The summed E-state index contributed by atoms with van der Waals surface area (Å²) in [4.78, 5) is 4.34. The average molecular weight is 247 g/mol. The van der Waals surface area contributed by atoms with Crippen LogP contribution in [-0.4, -0.2) is 10.1 Å². The summed E-state index contributed by atoms with van der Waals surface area (Å²) in [7, 11) is 0. The van der Waals surface area contributed by atoms with Gasteiger partial charge in [-0.25, -0.2) is 0 Å². The summed E-state index contributed by atoms with van der Waals surface area (Å²) in [5.41, 5.74) is 6.44. The topological polar surface area (TPSA) is 64.9 Å². The standard InChI is InChI=1S/C14H21N3O/c1-7-16-14(18-17-7)13(15)12-10-3-8-2-9(5-10)6-11(12)4-8/h8-13H,2-6,15H2,1H3. The van der Waals surface area contributed by atoms with Gasteiger partial charge in [-0.15, -0.1) is 0 Å². The van der Waals surface area contributed by atoms with Gasteiger partial charge in [0, 0.05) is 0 Å². The van der Waals surface area contributed by atoms with Crippen molar-refractivity contribution in [2.24, 2.45) is 35.3 Å². The van der Waals surface area contributed by atoms with Crippen molar-refractivity contribution in [3.63, 3.8) is 0 Å². The summed E-state index contributed by atoms with van der Waals surface area (Å²) in [5.74, 6) is 5.53. The molecule has 4 nitrogen and oxygen atoms in total. The minimum atomic E-state index is -0.0406. The molecule has 1 aromatic rings. The maximum atomic E-state index is 6.44. The molecule has 1 heterocycles. The van der Waals surface area contributed by atoms with Gasteiger partial charge >= 0.3 is 0 Å². The minimum Gasteiger partial charge on any atom is -0.338 e. The average Bonchev–Trinajstić information content (AvgIpc) is 2.74. The predicted octanol–water partition coefficient (Wildman–Crippen LogP) is 2.45. The van der Waals surface area contributed by atoms with Crippen LogP contribution in [0, 0.1) is 36.5 Å². The quantitative estimate of drug-likeness (QED) is 0.871. The molecule has 4 heteroatoms. The molecule has 0 saturated heterocycles. The van der Waals surface area contributed by atoms with Crippen molar-refractivity contribution in [1.82, 2.24) is 10.1 Å². The number of rotatable bonds is 2. The van der Waals surface area contributed by atoms with Crippen molar-refractivity contribution in [3.05, 3.63) is 11.7 Å². The van der Waals surface area contributed by atoms with Gasteiger partial charge < -0.3 is 10.3 Å². The summed E-state index contributed by atoms with van der Waals surface area (Å²) in [6, 6.07) is -0.0406. The Labute approximate surface area is 107 Å². The van der Waals surface area contributed by atoms with Gasteiger partial charge in [-0.05, 0) is 68.6 Å². The van der Waals surface area contributed by atoms with Gasteiger partial charge in [0.1, 0.15) is 0 Å². The van der Waals surface area contributed by atoms with Crippen LogP contribution in [0.2, 0.25) is 0 Å². The molecule has 0 aliphatic heterocycles. The lowest BCUT2D eigenvalue weighted by Gasteiger charge is -2.55. The van der Waals surface area contributed by atoms with Crippen molar-refractivity contribution in [3.8, 4) is 0 Å². The molecule has 4 aliphatic carbocycles. The van der Waals surface area contributed by atoms with Crippen LogP contribution in [0.4, 0.5) is 0 Å². The highest BCUT2D eigenvalue weighted by molar-refractivity contribution is 5.05. The second-order valence-corrected chi connectivity index (χ2v) is 6.71. The highest BCUT2D eigenvalue weighted by atomic mass is 16.5. The summed E-state index contributed by atoms with van der Waals surface area (Å²) in [6.07, 6.45) is 7.03. The molecule has 5 rings (SSSR count). The van der Waals surface area contributed by atoms with Crippen molar-refractivity contribution >= 4 is 0 Å². The third-order valence-corrected chi connectivity index (χ3v) is 5.54. The lowest BCUT2D eigenvalue weighted by atomic mass is 9.50. The monoisotopic (exact) mass is 247 g/mol. The van der Waals surface area contributed by atoms with E-state index in [1.54, 1.807) is 0 Å². The van der Waals surface area contributed by atoms with E-state index < -0.39 is 0 Å². The van der Waals surface area contributed by atoms with Gasteiger partial charge in [0.2, 0.25) is 5.89 Å². The Hall–Kier alpha value is -0.900. The van der Waals surface area contributed by atoms with E-state index in [9.17, 15) is 0 Å². The van der Waals surface area contributed by atoms with Crippen molar-refractivity contribution in [2.75, 3.05) is 0 Å². The molecule has 18 heavy (non-hydrogen) atoms. The fraction of sp³-hybridized carbons (Fsp3) is 0.857. The Kier molecular flexibility index (Phi) is 2.31. The number of aryl methyl sites for hydroxylation is 1. The molecule has 4 saturated carbocycles. The van der Waals surface area contributed by atoms with E-state index in [4.69, 9.17) is 10.3 Å². The molecule has 0 aromatic carbocycles. The zero-order chi connectivity index (χ0) is 12.3. The summed E-state index contributed by atoms with van der Waals surface area (Å²) in [6.45, 7) is 1.86. The van der Waals surface area contributed by atoms with Crippen molar-refractivity contribution in [2.45, 2.75) is 45.1 Å². The fourth-order valence-electron chi connectivity index (χ4n) is 5.17. The van der Waals surface area contributed by atoms with Gasteiger partial charge in [0.15, 0.2) is 5.82 Å². The van der Waals surface area contributed by atoms with Crippen LogP contribution in [0.25, 0.3) is 0 Å². The number of hydrogen-bond donors (Lipinski definition) is 1. The van der Waals surface area contributed by atoms with Crippen molar-refractivity contribution < 1.29 is 4.52 Å². The zero-order valence-electron chi connectivity index (χ0n) is 10.9. The van der Waals surface area contributed by atoms with Crippen molar-refractivity contribution in [1.29, 1.82) is 0 Å². The normalized spacial score (nSPS) is 43.3. The van der Waals surface area contributed by atoms with Crippen LogP contribution in [0.1, 0.15) is 49.9 Å². The molecule has 0 amide bonds. The second kappa shape index (κ2) is 3.80. The Balaban J connectivity index is 1.61. The molecule has 0 radical (unpaired) electrons. The Morgan fingerprint density at radius 2 is 1.72 bits per heavy atom. The third kappa shape index (κ3) is 1.54. The molecular weight excluding hydrogens is 226 g/mol. The van der Waals surface area contributed by atoms with E-state index in [1.165, 1.54) is 32.1 Å². The molecule has 1 aromatic heterocycles. The number of nitrogens with two attached hydrogens (primary N) is 1. The fourth-order valence-corrected chi connectivity index (χ4v) is 5.17. The maximum absolute atomic E-state index is 6.44. The maximum Gasteiger partial charge on any atom is 0.243 e. The SMILES string of the molecule is Cc1noc(C(N)C2C3CC4CC(C3)CC2C4)n1.